The topological polar surface area (TPSA) is 83.1 Å². The van der Waals surface area contributed by atoms with Crippen LogP contribution in [-0.2, 0) is 16.6 Å². The largest absolute Gasteiger partial charge is 0.355 e. The number of nitrogens with one attached hydrogen (secondary N) is 1. The molecule has 1 saturated carbocycles. The molecule has 1 amide bonds. The Hall–Kier alpha value is -3.20. The summed E-state index contributed by atoms with van der Waals surface area (Å²) < 4.78 is 1.69. The molecule has 0 saturated heterocycles. The lowest BCUT2D eigenvalue weighted by Gasteiger charge is -2.42. The van der Waals surface area contributed by atoms with Crippen LogP contribution in [0.15, 0.2) is 36.5 Å². The lowest BCUT2D eigenvalue weighted by atomic mass is 9.64. The maximum absolute atomic E-state index is 12.6. The van der Waals surface area contributed by atoms with Gasteiger partial charge in [0.1, 0.15) is 11.6 Å². The van der Waals surface area contributed by atoms with E-state index in [1.54, 1.807) is 4.52 Å². The Labute approximate surface area is 170 Å². The molecule has 0 atom stereocenters. The smallest absolute Gasteiger partial charge is 0.220 e. The van der Waals surface area contributed by atoms with Gasteiger partial charge in [-0.25, -0.2) is 9.50 Å². The van der Waals surface area contributed by atoms with Crippen LogP contribution in [0.25, 0.3) is 5.65 Å². The molecule has 0 spiro atoms. The second-order valence-electron chi connectivity index (χ2n) is 7.94. The summed E-state index contributed by atoms with van der Waals surface area (Å²) >= 11 is 0. The van der Waals surface area contributed by atoms with E-state index in [-0.39, 0.29) is 11.3 Å². The van der Waals surface area contributed by atoms with Gasteiger partial charge in [-0.15, -0.1) is 0 Å². The first kappa shape index (κ1) is 19.1. The molecule has 29 heavy (non-hydrogen) atoms. The normalized spacial score (nSPS) is 14.9. The molecule has 1 aliphatic carbocycles. The van der Waals surface area contributed by atoms with Gasteiger partial charge >= 0.3 is 0 Å². The van der Waals surface area contributed by atoms with Crippen LogP contribution in [0, 0.1) is 25.2 Å². The van der Waals surface area contributed by atoms with E-state index < -0.39 is 0 Å². The summed E-state index contributed by atoms with van der Waals surface area (Å²) in [5.74, 6) is 0.0595. The first-order chi connectivity index (χ1) is 14.0. The average molecular weight is 387 g/mol. The van der Waals surface area contributed by atoms with E-state index in [1.165, 1.54) is 18.2 Å². The van der Waals surface area contributed by atoms with E-state index in [0.717, 1.165) is 29.8 Å². The van der Waals surface area contributed by atoms with Crippen molar-refractivity contribution in [2.75, 3.05) is 6.54 Å². The van der Waals surface area contributed by atoms with Crippen molar-refractivity contribution < 1.29 is 4.79 Å². The van der Waals surface area contributed by atoms with Crippen LogP contribution in [0.3, 0.4) is 0 Å². The van der Waals surface area contributed by atoms with Crippen molar-refractivity contribution in [3.63, 3.8) is 0 Å². The predicted octanol–water partition coefficient (Wildman–Crippen LogP) is 3.39. The predicted molar refractivity (Wildman–Crippen MR) is 110 cm³/mol. The van der Waals surface area contributed by atoms with Crippen LogP contribution in [-0.4, -0.2) is 27.0 Å². The molecule has 6 nitrogen and oxygen atoms in total. The first-order valence-electron chi connectivity index (χ1n) is 10.1. The Kier molecular flexibility index (Phi) is 5.06. The number of aromatic nitrogens is 3. The van der Waals surface area contributed by atoms with Gasteiger partial charge in [0.05, 0.1) is 6.20 Å². The van der Waals surface area contributed by atoms with Gasteiger partial charge in [0.2, 0.25) is 5.91 Å². The van der Waals surface area contributed by atoms with Crippen LogP contribution in [0.1, 0.15) is 53.8 Å². The number of rotatable bonds is 6. The van der Waals surface area contributed by atoms with Gasteiger partial charge in [-0.3, -0.25) is 4.79 Å². The fourth-order valence-electron chi connectivity index (χ4n) is 4.31. The molecule has 3 aromatic rings. The summed E-state index contributed by atoms with van der Waals surface area (Å²) in [5.41, 5.74) is 5.24. The Bertz CT molecular complexity index is 1090. The van der Waals surface area contributed by atoms with Gasteiger partial charge in [-0.2, -0.15) is 10.4 Å². The van der Waals surface area contributed by atoms with Gasteiger partial charge in [0, 0.05) is 29.8 Å². The molecule has 0 radical (unpaired) electrons. The molecule has 1 N–H and O–H groups in total. The van der Waals surface area contributed by atoms with Gasteiger partial charge < -0.3 is 5.32 Å². The number of nitrogens with zero attached hydrogens (tertiary/aromatic N) is 4. The van der Waals surface area contributed by atoms with Crippen LogP contribution in [0.5, 0.6) is 0 Å². The van der Waals surface area contributed by atoms with Crippen molar-refractivity contribution in [2.24, 2.45) is 0 Å². The number of aryl methyl sites for hydroxylation is 2. The van der Waals surface area contributed by atoms with E-state index >= 15 is 0 Å². The number of hydrogen-bond acceptors (Lipinski definition) is 4. The number of amides is 1. The monoisotopic (exact) mass is 387 g/mol. The van der Waals surface area contributed by atoms with Crippen LogP contribution in [0.4, 0.5) is 0 Å². The highest BCUT2D eigenvalue weighted by atomic mass is 16.1. The van der Waals surface area contributed by atoms with Crippen molar-refractivity contribution >= 4 is 11.6 Å². The SMILES string of the molecule is Cc1nc2c(C#N)cnn2c(C)c1CCC(=O)NCC1(c2ccccc2)CCC1. The van der Waals surface area contributed by atoms with Crippen molar-refractivity contribution in [3.05, 3.63) is 64.6 Å². The molecule has 148 valence electrons. The molecule has 6 heteroatoms. The molecular weight excluding hydrogens is 362 g/mol. The van der Waals surface area contributed by atoms with Gasteiger partial charge in [0.25, 0.3) is 0 Å². The summed E-state index contributed by atoms with van der Waals surface area (Å²) in [6.45, 7) is 4.57. The number of benzene rings is 1. The molecule has 2 heterocycles. The second kappa shape index (κ2) is 7.67. The van der Waals surface area contributed by atoms with E-state index in [1.807, 2.05) is 19.9 Å². The zero-order chi connectivity index (χ0) is 20.4. The fraction of sp³-hybridized carbons (Fsp3) is 0.391. The third-order valence-corrected chi connectivity index (χ3v) is 6.25. The zero-order valence-electron chi connectivity index (χ0n) is 16.9. The van der Waals surface area contributed by atoms with E-state index in [4.69, 9.17) is 0 Å². The first-order valence-corrected chi connectivity index (χ1v) is 10.1. The molecule has 0 aliphatic heterocycles. The van der Waals surface area contributed by atoms with Crippen molar-refractivity contribution in [1.82, 2.24) is 19.9 Å². The van der Waals surface area contributed by atoms with Crippen molar-refractivity contribution in [2.45, 2.75) is 51.4 Å². The highest BCUT2D eigenvalue weighted by Gasteiger charge is 2.38. The molecule has 4 rings (SSSR count). The minimum Gasteiger partial charge on any atom is -0.355 e. The van der Waals surface area contributed by atoms with Gasteiger partial charge in [-0.1, -0.05) is 36.8 Å². The fourth-order valence-corrected chi connectivity index (χ4v) is 4.31. The van der Waals surface area contributed by atoms with Crippen LogP contribution >= 0.6 is 0 Å². The lowest BCUT2D eigenvalue weighted by molar-refractivity contribution is -0.121. The molecule has 1 fully saturated rings. The Morgan fingerprint density at radius 3 is 2.69 bits per heavy atom. The minimum absolute atomic E-state index is 0.0595. The number of carbonyl (C=O) groups is 1. The van der Waals surface area contributed by atoms with E-state index in [2.05, 4.69) is 45.7 Å². The Morgan fingerprint density at radius 2 is 2.03 bits per heavy atom. The third-order valence-electron chi connectivity index (χ3n) is 6.25. The summed E-state index contributed by atoms with van der Waals surface area (Å²) in [6.07, 6.45) is 6.00. The molecule has 1 aliphatic rings. The average Bonchev–Trinajstić information content (AvgIpc) is 3.10. The minimum atomic E-state index is 0.0595. The lowest BCUT2D eigenvalue weighted by Crippen LogP contribution is -2.45. The van der Waals surface area contributed by atoms with Gasteiger partial charge in [0.15, 0.2) is 5.65 Å². The second-order valence-corrected chi connectivity index (χ2v) is 7.94. The molecule has 2 aromatic heterocycles. The number of nitriles is 1. The molecular formula is C23H25N5O. The number of fused-ring (bicyclic) bond motifs is 1. The maximum Gasteiger partial charge on any atom is 0.220 e. The summed E-state index contributed by atoms with van der Waals surface area (Å²) in [4.78, 5) is 17.1. The van der Waals surface area contributed by atoms with Crippen molar-refractivity contribution in [3.8, 4) is 6.07 Å². The molecule has 0 unspecified atom stereocenters. The maximum atomic E-state index is 12.6. The molecule has 0 bridgehead atoms. The summed E-state index contributed by atoms with van der Waals surface area (Å²) in [5, 5.41) is 16.6. The standard InChI is InChI=1S/C23H25N5O/c1-16-20(17(2)28-22(27-16)18(13-24)14-26-28)9-10-21(29)25-15-23(11-6-12-23)19-7-4-3-5-8-19/h3-5,7-8,14H,6,9-12,15H2,1-2H3,(H,25,29). The van der Waals surface area contributed by atoms with Crippen molar-refractivity contribution in [1.29, 1.82) is 5.26 Å². The van der Waals surface area contributed by atoms with E-state index in [0.29, 0.717) is 30.6 Å². The van der Waals surface area contributed by atoms with Crippen LogP contribution < -0.4 is 5.32 Å². The quantitative estimate of drug-likeness (QED) is 0.703. The summed E-state index contributed by atoms with van der Waals surface area (Å²) in [6, 6.07) is 12.6. The number of hydrogen-bond donors (Lipinski definition) is 1. The number of carbonyl (C=O) groups excluding carboxylic acids is 1. The molecule has 1 aromatic carbocycles. The highest BCUT2D eigenvalue weighted by molar-refractivity contribution is 5.76. The van der Waals surface area contributed by atoms with Gasteiger partial charge in [-0.05, 0) is 44.2 Å². The van der Waals surface area contributed by atoms with Crippen LogP contribution in [0.2, 0.25) is 0 Å². The highest BCUT2D eigenvalue weighted by Crippen LogP contribution is 2.43. The summed E-state index contributed by atoms with van der Waals surface area (Å²) in [7, 11) is 0. The Morgan fingerprint density at radius 1 is 1.28 bits per heavy atom. The third kappa shape index (κ3) is 3.49. The van der Waals surface area contributed by atoms with E-state index in [9.17, 15) is 10.1 Å². The Balaban J connectivity index is 1.42. The zero-order valence-corrected chi connectivity index (χ0v) is 16.9.